The number of benzene rings is 3. The average molecular weight is 525 g/mol. The standard InChI is InChI=1S/C27H21ClO7S/c28-23-24(35-16-22(29)30)26(27(31)32)36-25(23)19-11-12-20(33-14-17-7-3-1-4-8-17)21(13-19)34-15-18-9-5-2-6-10-18/h1-13H,14-16H2,(H,29,30)(H,31,32). The van der Waals surface area contributed by atoms with Crippen molar-refractivity contribution in [2.75, 3.05) is 6.61 Å². The van der Waals surface area contributed by atoms with Gasteiger partial charge in [-0.05, 0) is 34.9 Å². The summed E-state index contributed by atoms with van der Waals surface area (Å²) in [5.74, 6) is -1.74. The molecular weight excluding hydrogens is 504 g/mol. The van der Waals surface area contributed by atoms with E-state index in [-0.39, 0.29) is 22.3 Å². The number of hydrogen-bond donors (Lipinski definition) is 2. The summed E-state index contributed by atoms with van der Waals surface area (Å²) in [4.78, 5) is 22.9. The van der Waals surface area contributed by atoms with E-state index in [4.69, 9.17) is 30.9 Å². The first-order valence-electron chi connectivity index (χ1n) is 10.8. The number of rotatable bonds is 11. The minimum Gasteiger partial charge on any atom is -0.485 e. The van der Waals surface area contributed by atoms with Crippen LogP contribution < -0.4 is 14.2 Å². The fourth-order valence-electron chi connectivity index (χ4n) is 3.34. The summed E-state index contributed by atoms with van der Waals surface area (Å²) in [6, 6.07) is 24.5. The number of carboxylic acid groups (broad SMARTS) is 2. The molecule has 4 aromatic rings. The number of aromatic carboxylic acids is 1. The largest absolute Gasteiger partial charge is 0.485 e. The van der Waals surface area contributed by atoms with Gasteiger partial charge in [-0.25, -0.2) is 9.59 Å². The zero-order valence-electron chi connectivity index (χ0n) is 18.8. The molecule has 0 aliphatic carbocycles. The van der Waals surface area contributed by atoms with Gasteiger partial charge in [-0.2, -0.15) is 0 Å². The van der Waals surface area contributed by atoms with Crippen LogP contribution in [0.15, 0.2) is 78.9 Å². The predicted molar refractivity (Wildman–Crippen MR) is 136 cm³/mol. The lowest BCUT2D eigenvalue weighted by atomic mass is 10.1. The Morgan fingerprint density at radius 3 is 1.92 bits per heavy atom. The van der Waals surface area contributed by atoms with Gasteiger partial charge in [0.2, 0.25) is 0 Å². The molecule has 0 atom stereocenters. The molecule has 9 heteroatoms. The zero-order chi connectivity index (χ0) is 25.5. The molecule has 0 saturated carbocycles. The van der Waals surface area contributed by atoms with Crippen LogP contribution in [0, 0.1) is 0 Å². The number of hydrogen-bond acceptors (Lipinski definition) is 6. The Balaban J connectivity index is 1.67. The maximum atomic E-state index is 11.7. The fourth-order valence-corrected chi connectivity index (χ4v) is 4.74. The lowest BCUT2D eigenvalue weighted by molar-refractivity contribution is -0.139. The van der Waals surface area contributed by atoms with E-state index in [1.807, 2.05) is 60.7 Å². The number of carboxylic acids is 2. The molecule has 0 saturated heterocycles. The highest BCUT2D eigenvalue weighted by molar-refractivity contribution is 7.18. The zero-order valence-corrected chi connectivity index (χ0v) is 20.4. The molecule has 0 amide bonds. The topological polar surface area (TPSA) is 102 Å². The van der Waals surface area contributed by atoms with Gasteiger partial charge in [0.1, 0.15) is 18.2 Å². The summed E-state index contributed by atoms with van der Waals surface area (Å²) in [7, 11) is 0. The van der Waals surface area contributed by atoms with Gasteiger partial charge in [0.15, 0.2) is 28.7 Å². The van der Waals surface area contributed by atoms with E-state index in [1.54, 1.807) is 18.2 Å². The van der Waals surface area contributed by atoms with Crippen molar-refractivity contribution in [1.29, 1.82) is 0 Å². The molecule has 0 aliphatic heterocycles. The maximum Gasteiger partial charge on any atom is 0.349 e. The van der Waals surface area contributed by atoms with Crippen molar-refractivity contribution in [2.45, 2.75) is 13.2 Å². The van der Waals surface area contributed by atoms with E-state index in [0.29, 0.717) is 28.5 Å². The van der Waals surface area contributed by atoms with E-state index in [1.165, 1.54) is 0 Å². The minimum atomic E-state index is -1.27. The van der Waals surface area contributed by atoms with Crippen molar-refractivity contribution in [3.05, 3.63) is 99.9 Å². The van der Waals surface area contributed by atoms with Crippen LogP contribution in [0.4, 0.5) is 0 Å². The average Bonchev–Trinajstić information content (AvgIpc) is 3.22. The van der Waals surface area contributed by atoms with Crippen LogP contribution in [0.25, 0.3) is 10.4 Å². The fraction of sp³-hybridized carbons (Fsp3) is 0.111. The number of carbonyl (C=O) groups is 2. The monoisotopic (exact) mass is 524 g/mol. The van der Waals surface area contributed by atoms with Gasteiger partial charge in [-0.3, -0.25) is 0 Å². The molecule has 0 aliphatic rings. The predicted octanol–water partition coefficient (Wildman–Crippen LogP) is 6.39. The van der Waals surface area contributed by atoms with Crippen LogP contribution in [0.1, 0.15) is 20.8 Å². The quantitative estimate of drug-likeness (QED) is 0.234. The third-order valence-electron chi connectivity index (χ3n) is 5.02. The summed E-state index contributed by atoms with van der Waals surface area (Å²) >= 11 is 7.35. The number of halogens is 1. The third-order valence-corrected chi connectivity index (χ3v) is 6.70. The van der Waals surface area contributed by atoms with Crippen molar-refractivity contribution in [3.63, 3.8) is 0 Å². The first kappa shape index (κ1) is 25.1. The van der Waals surface area contributed by atoms with E-state index >= 15 is 0 Å². The second-order valence-electron chi connectivity index (χ2n) is 7.60. The van der Waals surface area contributed by atoms with Gasteiger partial charge in [0.05, 0.1) is 4.88 Å². The first-order valence-corrected chi connectivity index (χ1v) is 12.0. The van der Waals surface area contributed by atoms with Crippen LogP contribution in [-0.2, 0) is 18.0 Å². The summed E-state index contributed by atoms with van der Waals surface area (Å²) in [5.41, 5.74) is 2.53. The molecule has 36 heavy (non-hydrogen) atoms. The Morgan fingerprint density at radius 1 is 0.778 bits per heavy atom. The van der Waals surface area contributed by atoms with Gasteiger partial charge in [0, 0.05) is 0 Å². The molecule has 7 nitrogen and oxygen atoms in total. The van der Waals surface area contributed by atoms with Crippen LogP contribution in [-0.4, -0.2) is 28.8 Å². The molecule has 0 unspecified atom stereocenters. The highest BCUT2D eigenvalue weighted by Crippen LogP contribution is 2.47. The summed E-state index contributed by atoms with van der Waals surface area (Å²) < 4.78 is 17.3. The van der Waals surface area contributed by atoms with Gasteiger partial charge >= 0.3 is 11.9 Å². The van der Waals surface area contributed by atoms with Crippen LogP contribution in [0.2, 0.25) is 5.02 Å². The van der Waals surface area contributed by atoms with E-state index < -0.39 is 18.5 Å². The summed E-state index contributed by atoms with van der Waals surface area (Å²) in [5, 5.41) is 18.5. The number of ether oxygens (including phenoxy) is 3. The van der Waals surface area contributed by atoms with Crippen LogP contribution >= 0.6 is 22.9 Å². The minimum absolute atomic E-state index is 0.0191. The Labute approximate surface area is 216 Å². The molecule has 3 aromatic carbocycles. The summed E-state index contributed by atoms with van der Waals surface area (Å²) in [6.45, 7) is -0.0939. The molecular formula is C27H21ClO7S. The van der Waals surface area contributed by atoms with Gasteiger partial charge in [-0.15, -0.1) is 11.3 Å². The van der Waals surface area contributed by atoms with Gasteiger partial charge in [0.25, 0.3) is 0 Å². The van der Waals surface area contributed by atoms with Gasteiger partial charge < -0.3 is 24.4 Å². The molecule has 2 N–H and O–H groups in total. The van der Waals surface area contributed by atoms with Crippen molar-refractivity contribution in [3.8, 4) is 27.7 Å². The molecule has 0 spiro atoms. The Bertz CT molecular complexity index is 1350. The normalized spacial score (nSPS) is 10.6. The first-order chi connectivity index (χ1) is 17.4. The van der Waals surface area contributed by atoms with Gasteiger partial charge in [-0.1, -0.05) is 72.3 Å². The lowest BCUT2D eigenvalue weighted by Crippen LogP contribution is -2.10. The van der Waals surface area contributed by atoms with Crippen molar-refractivity contribution in [2.24, 2.45) is 0 Å². The van der Waals surface area contributed by atoms with E-state index in [2.05, 4.69) is 0 Å². The number of thiophene rings is 1. The molecule has 0 bridgehead atoms. The summed E-state index contributed by atoms with van der Waals surface area (Å²) in [6.07, 6.45) is 0. The Hall–Kier alpha value is -4.01. The van der Waals surface area contributed by atoms with E-state index in [9.17, 15) is 14.7 Å². The third kappa shape index (κ3) is 6.16. The molecule has 4 rings (SSSR count). The lowest BCUT2D eigenvalue weighted by Gasteiger charge is -2.14. The van der Waals surface area contributed by atoms with Crippen LogP contribution in [0.5, 0.6) is 17.2 Å². The smallest absolute Gasteiger partial charge is 0.349 e. The Kier molecular flexibility index (Phi) is 8.10. The highest BCUT2D eigenvalue weighted by atomic mass is 35.5. The molecule has 0 radical (unpaired) electrons. The SMILES string of the molecule is O=C(O)COc1c(C(=O)O)sc(-c2ccc(OCc3ccccc3)c(OCc3ccccc3)c2)c1Cl. The van der Waals surface area contributed by atoms with E-state index in [0.717, 1.165) is 22.5 Å². The maximum absolute atomic E-state index is 11.7. The molecule has 0 fully saturated rings. The number of aliphatic carboxylic acids is 1. The van der Waals surface area contributed by atoms with Crippen molar-refractivity contribution in [1.82, 2.24) is 0 Å². The highest BCUT2D eigenvalue weighted by Gasteiger charge is 2.25. The Morgan fingerprint density at radius 2 is 1.36 bits per heavy atom. The van der Waals surface area contributed by atoms with Crippen molar-refractivity contribution >= 4 is 34.9 Å². The molecule has 1 aromatic heterocycles. The second kappa shape index (κ2) is 11.6. The van der Waals surface area contributed by atoms with Crippen molar-refractivity contribution < 1.29 is 34.0 Å². The molecule has 184 valence electrons. The second-order valence-corrected chi connectivity index (χ2v) is 9.00. The van der Waals surface area contributed by atoms with Crippen LogP contribution in [0.3, 0.4) is 0 Å². The molecule has 1 heterocycles.